The molecule has 0 bridgehead atoms. The molecule has 0 spiro atoms. The normalized spacial score (nSPS) is 26.9. The number of carbonyl (C=O) groups is 1. The molecule has 74 valence electrons. The van der Waals surface area contributed by atoms with Gasteiger partial charge in [0.25, 0.3) is 0 Å². The lowest BCUT2D eigenvalue weighted by Gasteiger charge is -2.23. The number of carbonyl (C=O) groups excluding carboxylic acids is 1. The Morgan fingerprint density at radius 1 is 1.36 bits per heavy atom. The van der Waals surface area contributed by atoms with Gasteiger partial charge in [-0.25, -0.2) is 4.39 Å². The average molecular weight is 193 g/mol. The summed E-state index contributed by atoms with van der Waals surface area (Å²) in [5.74, 6) is -0.0431. The zero-order valence-corrected chi connectivity index (χ0v) is 8.01. The molecular weight excluding hydrogens is 181 g/mol. The van der Waals surface area contributed by atoms with E-state index in [-0.39, 0.29) is 17.1 Å². The molecule has 1 aliphatic rings. The van der Waals surface area contributed by atoms with E-state index in [4.69, 9.17) is 0 Å². The van der Waals surface area contributed by atoms with Crippen molar-refractivity contribution in [3.05, 3.63) is 35.6 Å². The maximum Gasteiger partial charge on any atom is 0.148 e. The van der Waals surface area contributed by atoms with Gasteiger partial charge in [0.15, 0.2) is 0 Å². The van der Waals surface area contributed by atoms with E-state index in [1.807, 2.05) is 6.92 Å². The number of ketones is 1. The lowest BCUT2D eigenvalue weighted by molar-refractivity contribution is -0.116. The largest absolute Gasteiger partial charge is 0.300 e. The van der Waals surface area contributed by atoms with E-state index in [2.05, 4.69) is 5.32 Å². The van der Waals surface area contributed by atoms with Gasteiger partial charge in [-0.1, -0.05) is 12.1 Å². The fraction of sp³-hybridized carbons (Fsp3) is 0.364. The Kier molecular flexibility index (Phi) is 2.11. The highest BCUT2D eigenvalue weighted by molar-refractivity contribution is 5.84. The Bertz CT molecular complexity index is 360. The molecule has 1 aliphatic heterocycles. The Labute approximate surface area is 82.1 Å². The quantitative estimate of drug-likeness (QED) is 0.734. The molecular formula is C11H12FNO. The highest BCUT2D eigenvalue weighted by Gasteiger charge is 2.34. The minimum atomic E-state index is -0.315. The van der Waals surface area contributed by atoms with Gasteiger partial charge in [0, 0.05) is 12.0 Å². The van der Waals surface area contributed by atoms with Gasteiger partial charge >= 0.3 is 0 Å². The first kappa shape index (κ1) is 9.34. The van der Waals surface area contributed by atoms with Gasteiger partial charge in [-0.15, -0.1) is 0 Å². The van der Waals surface area contributed by atoms with Crippen LogP contribution in [0.15, 0.2) is 24.3 Å². The van der Waals surface area contributed by atoms with Crippen molar-refractivity contribution < 1.29 is 9.18 Å². The third kappa shape index (κ3) is 1.55. The van der Waals surface area contributed by atoms with E-state index in [0.29, 0.717) is 13.0 Å². The summed E-state index contributed by atoms with van der Waals surface area (Å²) in [5.41, 5.74) is 0.648. The van der Waals surface area contributed by atoms with E-state index >= 15 is 0 Å². The number of rotatable bonds is 1. The lowest BCUT2D eigenvalue weighted by atomic mass is 9.90. The van der Waals surface area contributed by atoms with Crippen LogP contribution in [0.1, 0.15) is 18.9 Å². The topological polar surface area (TPSA) is 29.1 Å². The van der Waals surface area contributed by atoms with Crippen molar-refractivity contribution in [1.82, 2.24) is 5.32 Å². The molecule has 1 heterocycles. The average Bonchev–Trinajstić information content (AvgIpc) is 2.48. The molecule has 1 aromatic carbocycles. The fourth-order valence-corrected chi connectivity index (χ4v) is 1.83. The number of halogens is 1. The molecule has 2 nitrogen and oxygen atoms in total. The summed E-state index contributed by atoms with van der Waals surface area (Å²) < 4.78 is 12.7. The van der Waals surface area contributed by atoms with E-state index in [9.17, 15) is 9.18 Å². The van der Waals surface area contributed by atoms with Crippen molar-refractivity contribution in [2.75, 3.05) is 6.54 Å². The maximum atomic E-state index is 12.7. The third-order valence-corrected chi connectivity index (χ3v) is 2.71. The monoisotopic (exact) mass is 193 g/mol. The van der Waals surface area contributed by atoms with E-state index in [1.165, 1.54) is 12.1 Å². The Morgan fingerprint density at radius 2 is 2.00 bits per heavy atom. The lowest BCUT2D eigenvalue weighted by Crippen LogP contribution is -2.32. The maximum absolute atomic E-state index is 12.7. The van der Waals surface area contributed by atoms with E-state index < -0.39 is 0 Å². The first-order valence-corrected chi connectivity index (χ1v) is 4.63. The van der Waals surface area contributed by atoms with Crippen LogP contribution in [0.25, 0.3) is 0 Å². The summed E-state index contributed by atoms with van der Waals surface area (Å²) in [4.78, 5) is 11.2. The van der Waals surface area contributed by atoms with E-state index in [0.717, 1.165) is 5.56 Å². The van der Waals surface area contributed by atoms with Crippen LogP contribution in [0.2, 0.25) is 0 Å². The van der Waals surface area contributed by atoms with Crippen LogP contribution in [-0.2, 0) is 10.3 Å². The number of nitrogens with one attached hydrogen (secondary N) is 1. The van der Waals surface area contributed by atoms with Crippen LogP contribution in [-0.4, -0.2) is 12.3 Å². The van der Waals surface area contributed by atoms with Gasteiger partial charge in [-0.2, -0.15) is 0 Å². The molecule has 1 N–H and O–H groups in total. The summed E-state index contributed by atoms with van der Waals surface area (Å²) >= 11 is 0. The first-order chi connectivity index (χ1) is 6.60. The highest BCUT2D eigenvalue weighted by Crippen LogP contribution is 2.28. The summed E-state index contributed by atoms with van der Waals surface area (Å²) in [6.07, 6.45) is 0.485. The summed E-state index contributed by atoms with van der Waals surface area (Å²) in [6, 6.07) is 6.29. The van der Waals surface area contributed by atoms with Crippen molar-refractivity contribution in [3.8, 4) is 0 Å². The molecule has 0 radical (unpaired) electrons. The number of benzene rings is 1. The van der Waals surface area contributed by atoms with Crippen molar-refractivity contribution in [2.24, 2.45) is 0 Å². The van der Waals surface area contributed by atoms with Crippen molar-refractivity contribution in [3.63, 3.8) is 0 Å². The first-order valence-electron chi connectivity index (χ1n) is 4.63. The van der Waals surface area contributed by atoms with Crippen LogP contribution in [0.5, 0.6) is 0 Å². The van der Waals surface area contributed by atoms with Crippen molar-refractivity contribution in [2.45, 2.75) is 18.9 Å². The summed E-state index contributed by atoms with van der Waals surface area (Å²) in [6.45, 7) is 2.37. The third-order valence-electron chi connectivity index (χ3n) is 2.71. The molecule has 1 unspecified atom stereocenters. The van der Waals surface area contributed by atoms with Gasteiger partial charge in [0.05, 0.1) is 6.54 Å². The zero-order chi connectivity index (χ0) is 10.2. The van der Waals surface area contributed by atoms with E-state index in [1.54, 1.807) is 12.1 Å². The smallest absolute Gasteiger partial charge is 0.148 e. The van der Waals surface area contributed by atoms with Crippen LogP contribution in [0, 0.1) is 5.82 Å². The second-order valence-corrected chi connectivity index (χ2v) is 3.91. The molecule has 1 aromatic rings. The highest BCUT2D eigenvalue weighted by atomic mass is 19.1. The Hall–Kier alpha value is -1.22. The van der Waals surface area contributed by atoms with Crippen LogP contribution in [0.4, 0.5) is 4.39 Å². The SMILES string of the molecule is CC1(c2ccc(F)cc2)CC(=O)CN1. The Morgan fingerprint density at radius 3 is 2.50 bits per heavy atom. The van der Waals surface area contributed by atoms with Gasteiger partial charge < -0.3 is 5.32 Å². The van der Waals surface area contributed by atoms with Gasteiger partial charge in [0.2, 0.25) is 0 Å². The molecule has 0 aromatic heterocycles. The summed E-state index contributed by atoms with van der Waals surface area (Å²) in [5, 5.41) is 3.15. The molecule has 3 heteroatoms. The molecule has 1 saturated heterocycles. The molecule has 2 rings (SSSR count). The minimum absolute atomic E-state index is 0.205. The minimum Gasteiger partial charge on any atom is -0.300 e. The van der Waals surface area contributed by atoms with Crippen LogP contribution < -0.4 is 5.32 Å². The molecule has 1 fully saturated rings. The number of hydrogen-bond donors (Lipinski definition) is 1. The molecule has 0 amide bonds. The van der Waals surface area contributed by atoms with Gasteiger partial charge in [0.1, 0.15) is 11.6 Å². The molecule has 0 saturated carbocycles. The van der Waals surface area contributed by atoms with Gasteiger partial charge in [-0.3, -0.25) is 4.79 Å². The fourth-order valence-electron chi connectivity index (χ4n) is 1.83. The Balaban J connectivity index is 2.30. The standard InChI is InChI=1S/C11H12FNO/c1-11(6-10(14)7-13-11)8-2-4-9(12)5-3-8/h2-5,13H,6-7H2,1H3. The zero-order valence-electron chi connectivity index (χ0n) is 8.01. The molecule has 14 heavy (non-hydrogen) atoms. The second kappa shape index (κ2) is 3.17. The number of Topliss-reactive ketones (excluding diaryl/α,β-unsaturated/α-hetero) is 1. The van der Waals surface area contributed by atoms with Crippen LogP contribution >= 0.6 is 0 Å². The summed E-state index contributed by atoms with van der Waals surface area (Å²) in [7, 11) is 0. The van der Waals surface area contributed by atoms with Crippen molar-refractivity contribution >= 4 is 5.78 Å². The van der Waals surface area contributed by atoms with Gasteiger partial charge in [-0.05, 0) is 24.6 Å². The predicted octanol–water partition coefficient (Wildman–Crippen LogP) is 1.60. The molecule has 1 atom stereocenters. The predicted molar refractivity (Wildman–Crippen MR) is 51.4 cm³/mol. The van der Waals surface area contributed by atoms with Crippen LogP contribution in [0.3, 0.4) is 0 Å². The molecule has 0 aliphatic carbocycles. The second-order valence-electron chi connectivity index (χ2n) is 3.91. The van der Waals surface area contributed by atoms with Crippen molar-refractivity contribution in [1.29, 1.82) is 0 Å². The number of hydrogen-bond acceptors (Lipinski definition) is 2.